The van der Waals surface area contributed by atoms with Crippen molar-refractivity contribution in [3.63, 3.8) is 0 Å². The molecule has 0 aromatic heterocycles. The number of amides is 1. The van der Waals surface area contributed by atoms with Crippen LogP contribution in [-0.2, 0) is 15.8 Å². The Morgan fingerprint density at radius 3 is 2.38 bits per heavy atom. The van der Waals surface area contributed by atoms with Crippen LogP contribution in [0.25, 0.3) is 0 Å². The molecule has 0 saturated carbocycles. The van der Waals surface area contributed by atoms with Crippen molar-refractivity contribution < 1.29 is 17.9 Å². The molecule has 8 heteroatoms. The van der Waals surface area contributed by atoms with Crippen molar-refractivity contribution in [3.8, 4) is 5.75 Å². The second-order valence-corrected chi connectivity index (χ2v) is 10.1. The standard InChI is InChI=1S/C24H26N2O4S2/c1-17(2)26-32(28,29)19-13-14-22(30-3)21(15-19)25-24(27)20-11-7-8-12-23(20)31-16-18-9-5-4-6-10-18/h4-15,17,26H,16H2,1-3H3,(H,25,27). The van der Waals surface area contributed by atoms with Gasteiger partial charge in [-0.3, -0.25) is 4.79 Å². The van der Waals surface area contributed by atoms with Gasteiger partial charge in [-0.25, -0.2) is 13.1 Å². The normalized spacial score (nSPS) is 11.4. The fraction of sp³-hybridized carbons (Fsp3) is 0.208. The van der Waals surface area contributed by atoms with Crippen LogP contribution in [0.4, 0.5) is 5.69 Å². The summed E-state index contributed by atoms with van der Waals surface area (Å²) in [5.41, 5.74) is 1.95. The van der Waals surface area contributed by atoms with Gasteiger partial charge in [0.2, 0.25) is 10.0 Å². The molecule has 0 fully saturated rings. The van der Waals surface area contributed by atoms with Crippen molar-refractivity contribution in [2.75, 3.05) is 12.4 Å². The molecule has 3 aromatic rings. The second kappa shape index (κ2) is 10.7. The average Bonchev–Trinajstić information content (AvgIpc) is 2.77. The number of thioether (sulfide) groups is 1. The van der Waals surface area contributed by atoms with Crippen LogP contribution in [-0.4, -0.2) is 27.5 Å². The molecule has 0 unspecified atom stereocenters. The van der Waals surface area contributed by atoms with Gasteiger partial charge in [0.1, 0.15) is 5.75 Å². The number of methoxy groups -OCH3 is 1. The largest absolute Gasteiger partial charge is 0.495 e. The van der Waals surface area contributed by atoms with Crippen molar-refractivity contribution in [1.29, 1.82) is 0 Å². The van der Waals surface area contributed by atoms with Gasteiger partial charge >= 0.3 is 0 Å². The molecule has 0 bridgehead atoms. The molecule has 0 heterocycles. The third-order valence-electron chi connectivity index (χ3n) is 4.49. The van der Waals surface area contributed by atoms with Crippen molar-refractivity contribution in [1.82, 2.24) is 4.72 Å². The van der Waals surface area contributed by atoms with E-state index in [2.05, 4.69) is 10.0 Å². The summed E-state index contributed by atoms with van der Waals surface area (Å²) < 4.78 is 33.0. The Bertz CT molecular complexity index is 1180. The smallest absolute Gasteiger partial charge is 0.256 e. The molecule has 32 heavy (non-hydrogen) atoms. The highest BCUT2D eigenvalue weighted by Gasteiger charge is 2.20. The summed E-state index contributed by atoms with van der Waals surface area (Å²) in [5.74, 6) is 0.755. The zero-order valence-corrected chi connectivity index (χ0v) is 19.8. The van der Waals surface area contributed by atoms with Crippen LogP contribution in [0.2, 0.25) is 0 Å². The molecule has 0 saturated heterocycles. The first-order valence-corrected chi connectivity index (χ1v) is 12.5. The van der Waals surface area contributed by atoms with E-state index in [0.717, 1.165) is 16.2 Å². The van der Waals surface area contributed by atoms with Gasteiger partial charge < -0.3 is 10.1 Å². The van der Waals surface area contributed by atoms with Gasteiger partial charge in [0.25, 0.3) is 5.91 Å². The molecule has 1 amide bonds. The summed E-state index contributed by atoms with van der Waals surface area (Å²) >= 11 is 1.57. The fourth-order valence-corrected chi connectivity index (χ4v) is 5.32. The minimum atomic E-state index is -3.72. The number of benzene rings is 3. The lowest BCUT2D eigenvalue weighted by Gasteiger charge is -2.15. The van der Waals surface area contributed by atoms with Crippen molar-refractivity contribution >= 4 is 33.4 Å². The molecule has 3 rings (SSSR count). The molecule has 0 aliphatic carbocycles. The third-order valence-corrected chi connectivity index (χ3v) is 7.29. The Hall–Kier alpha value is -2.81. The molecular formula is C24H26N2O4S2. The van der Waals surface area contributed by atoms with Crippen LogP contribution < -0.4 is 14.8 Å². The summed E-state index contributed by atoms with van der Waals surface area (Å²) in [5, 5.41) is 2.81. The lowest BCUT2D eigenvalue weighted by Crippen LogP contribution is -2.30. The molecular weight excluding hydrogens is 444 g/mol. The van der Waals surface area contributed by atoms with E-state index in [1.54, 1.807) is 37.7 Å². The zero-order valence-electron chi connectivity index (χ0n) is 18.2. The number of carbonyl (C=O) groups excluding carboxylic acids is 1. The van der Waals surface area contributed by atoms with E-state index in [4.69, 9.17) is 4.74 Å². The Kier molecular flexibility index (Phi) is 7.95. The number of ether oxygens (including phenoxy) is 1. The number of anilines is 1. The van der Waals surface area contributed by atoms with Crippen LogP contribution in [0.15, 0.2) is 82.6 Å². The highest BCUT2D eigenvalue weighted by Crippen LogP contribution is 2.30. The van der Waals surface area contributed by atoms with E-state index in [-0.39, 0.29) is 22.5 Å². The minimum absolute atomic E-state index is 0.0500. The topological polar surface area (TPSA) is 84.5 Å². The Balaban J connectivity index is 1.85. The monoisotopic (exact) mass is 470 g/mol. The number of hydrogen-bond donors (Lipinski definition) is 2. The second-order valence-electron chi connectivity index (χ2n) is 7.36. The maximum Gasteiger partial charge on any atom is 0.256 e. The fourth-order valence-electron chi connectivity index (χ4n) is 3.04. The number of rotatable bonds is 9. The highest BCUT2D eigenvalue weighted by molar-refractivity contribution is 7.98. The number of sulfonamides is 1. The van der Waals surface area contributed by atoms with Crippen molar-refractivity contribution in [2.24, 2.45) is 0 Å². The highest BCUT2D eigenvalue weighted by atomic mass is 32.2. The summed E-state index contributed by atoms with van der Waals surface area (Å²) in [7, 11) is -2.25. The summed E-state index contributed by atoms with van der Waals surface area (Å²) in [6, 6.07) is 21.5. The molecule has 2 N–H and O–H groups in total. The SMILES string of the molecule is COc1ccc(S(=O)(=O)NC(C)C)cc1NC(=O)c1ccccc1SCc1ccccc1. The average molecular weight is 471 g/mol. The van der Waals surface area contributed by atoms with E-state index in [1.165, 1.54) is 25.3 Å². The molecule has 0 aliphatic heterocycles. The van der Waals surface area contributed by atoms with E-state index in [9.17, 15) is 13.2 Å². The van der Waals surface area contributed by atoms with Gasteiger partial charge in [-0.2, -0.15) is 0 Å². The maximum absolute atomic E-state index is 13.1. The first kappa shape index (κ1) is 23.8. The van der Waals surface area contributed by atoms with Gasteiger partial charge in [-0.05, 0) is 49.7 Å². The number of nitrogens with one attached hydrogen (secondary N) is 2. The molecule has 0 spiro atoms. The van der Waals surface area contributed by atoms with Crippen molar-refractivity contribution in [3.05, 3.63) is 83.9 Å². The molecule has 3 aromatic carbocycles. The lowest BCUT2D eigenvalue weighted by atomic mass is 10.2. The summed E-state index contributed by atoms with van der Waals surface area (Å²) in [6.07, 6.45) is 0. The first-order chi connectivity index (χ1) is 15.3. The molecule has 168 valence electrons. The van der Waals surface area contributed by atoms with Crippen LogP contribution in [0.3, 0.4) is 0 Å². The Labute approximate surface area is 193 Å². The third kappa shape index (κ3) is 6.12. The van der Waals surface area contributed by atoms with Crippen LogP contribution in [0, 0.1) is 0 Å². The molecule has 0 radical (unpaired) electrons. The predicted molar refractivity (Wildman–Crippen MR) is 129 cm³/mol. The van der Waals surface area contributed by atoms with Gasteiger partial charge in [0, 0.05) is 16.7 Å². The van der Waals surface area contributed by atoms with E-state index in [0.29, 0.717) is 11.3 Å². The molecule has 0 aliphatic rings. The Morgan fingerprint density at radius 1 is 1.00 bits per heavy atom. The summed E-state index contributed by atoms with van der Waals surface area (Å²) in [6.45, 7) is 3.49. The predicted octanol–water partition coefficient (Wildman–Crippen LogP) is 4.93. The zero-order chi connectivity index (χ0) is 23.1. The van der Waals surface area contributed by atoms with E-state index >= 15 is 0 Å². The maximum atomic E-state index is 13.1. The summed E-state index contributed by atoms with van der Waals surface area (Å²) in [4.78, 5) is 14.0. The van der Waals surface area contributed by atoms with Crippen molar-refractivity contribution in [2.45, 2.75) is 35.4 Å². The van der Waals surface area contributed by atoms with Gasteiger partial charge in [0.15, 0.2) is 0 Å². The van der Waals surface area contributed by atoms with Gasteiger partial charge in [-0.15, -0.1) is 11.8 Å². The lowest BCUT2D eigenvalue weighted by molar-refractivity contribution is 0.102. The molecule has 6 nitrogen and oxygen atoms in total. The minimum Gasteiger partial charge on any atom is -0.495 e. The number of hydrogen-bond acceptors (Lipinski definition) is 5. The van der Waals surface area contributed by atoms with Crippen LogP contribution in [0.1, 0.15) is 29.8 Å². The molecule has 0 atom stereocenters. The van der Waals surface area contributed by atoms with Crippen LogP contribution in [0.5, 0.6) is 5.75 Å². The quantitative estimate of drug-likeness (QED) is 0.433. The van der Waals surface area contributed by atoms with Crippen LogP contribution >= 0.6 is 11.8 Å². The number of carbonyl (C=O) groups is 1. The van der Waals surface area contributed by atoms with E-state index in [1.807, 2.05) is 42.5 Å². The Morgan fingerprint density at radius 2 is 1.69 bits per heavy atom. The van der Waals surface area contributed by atoms with Gasteiger partial charge in [-0.1, -0.05) is 42.5 Å². The van der Waals surface area contributed by atoms with E-state index < -0.39 is 10.0 Å². The van der Waals surface area contributed by atoms with Gasteiger partial charge in [0.05, 0.1) is 23.3 Å². The first-order valence-electron chi connectivity index (χ1n) is 10.1.